The van der Waals surface area contributed by atoms with Crippen molar-refractivity contribution in [2.45, 2.75) is 6.18 Å². The van der Waals surface area contributed by atoms with Gasteiger partial charge in [0.2, 0.25) is 0 Å². The first-order valence-corrected chi connectivity index (χ1v) is 3.35. The second-order valence-corrected chi connectivity index (χ2v) is 2.70. The summed E-state index contributed by atoms with van der Waals surface area (Å²) in [5.41, 5.74) is 2.08. The van der Waals surface area contributed by atoms with Crippen molar-refractivity contribution < 1.29 is 13.2 Å². The Labute approximate surface area is 64.0 Å². The molecular formula is C4H4F3N3S. The molecule has 7 heteroatoms. The van der Waals surface area contributed by atoms with Gasteiger partial charge in [-0.1, -0.05) is 11.3 Å². The van der Waals surface area contributed by atoms with Gasteiger partial charge in [-0.05, 0) is 0 Å². The molecule has 1 aromatic heterocycles. The molecule has 0 aliphatic carbocycles. The third kappa shape index (κ3) is 1.81. The number of thiazole rings is 1. The van der Waals surface area contributed by atoms with E-state index in [1.165, 1.54) is 0 Å². The van der Waals surface area contributed by atoms with Crippen LogP contribution in [0.3, 0.4) is 0 Å². The van der Waals surface area contributed by atoms with Crippen molar-refractivity contribution in [2.75, 3.05) is 5.43 Å². The van der Waals surface area contributed by atoms with Gasteiger partial charge in [0.15, 0.2) is 5.01 Å². The van der Waals surface area contributed by atoms with Crippen LogP contribution in [0.1, 0.15) is 5.01 Å². The Morgan fingerprint density at radius 2 is 2.18 bits per heavy atom. The molecule has 0 unspecified atom stereocenters. The highest BCUT2D eigenvalue weighted by molar-refractivity contribution is 7.15. The summed E-state index contributed by atoms with van der Waals surface area (Å²) >= 11 is 0.468. The molecule has 0 saturated carbocycles. The Balaban J connectivity index is 2.89. The van der Waals surface area contributed by atoms with Gasteiger partial charge in [0, 0.05) is 0 Å². The second kappa shape index (κ2) is 2.67. The maximum absolute atomic E-state index is 11.8. The fraction of sp³-hybridized carbons (Fsp3) is 0.250. The average Bonchev–Trinajstić information content (AvgIpc) is 2.32. The zero-order chi connectivity index (χ0) is 8.48. The molecule has 0 aromatic carbocycles. The van der Waals surface area contributed by atoms with E-state index in [0.717, 1.165) is 6.20 Å². The Morgan fingerprint density at radius 1 is 1.55 bits per heavy atom. The summed E-state index contributed by atoms with van der Waals surface area (Å²) in [4.78, 5) is 3.11. The average molecular weight is 183 g/mol. The Hall–Kier alpha value is -0.820. The van der Waals surface area contributed by atoms with Crippen molar-refractivity contribution >= 4 is 16.3 Å². The van der Waals surface area contributed by atoms with Crippen LogP contribution in [0.15, 0.2) is 6.20 Å². The van der Waals surface area contributed by atoms with Gasteiger partial charge in [-0.15, -0.1) is 0 Å². The Bertz CT molecular complexity index is 243. The van der Waals surface area contributed by atoms with Crippen LogP contribution in [-0.4, -0.2) is 4.98 Å². The lowest BCUT2D eigenvalue weighted by Crippen LogP contribution is -2.04. The van der Waals surface area contributed by atoms with E-state index in [0.29, 0.717) is 11.3 Å². The summed E-state index contributed by atoms with van der Waals surface area (Å²) in [6.07, 6.45) is -3.34. The van der Waals surface area contributed by atoms with Gasteiger partial charge in [-0.25, -0.2) is 10.8 Å². The van der Waals surface area contributed by atoms with Crippen molar-refractivity contribution in [3.63, 3.8) is 0 Å². The smallest absolute Gasteiger partial charge is 0.314 e. The second-order valence-electron chi connectivity index (χ2n) is 1.67. The molecule has 1 rings (SSSR count). The highest BCUT2D eigenvalue weighted by Crippen LogP contribution is 2.33. The molecule has 11 heavy (non-hydrogen) atoms. The molecule has 62 valence electrons. The molecule has 0 aliphatic rings. The number of hydrogen-bond acceptors (Lipinski definition) is 4. The maximum atomic E-state index is 11.8. The van der Waals surface area contributed by atoms with Crippen LogP contribution in [-0.2, 0) is 6.18 Å². The summed E-state index contributed by atoms with van der Waals surface area (Å²) in [7, 11) is 0. The van der Waals surface area contributed by atoms with Gasteiger partial charge in [0.05, 0.1) is 6.20 Å². The number of aromatic nitrogens is 1. The summed E-state index contributed by atoms with van der Waals surface area (Å²) in [6, 6.07) is 0. The van der Waals surface area contributed by atoms with Gasteiger partial charge >= 0.3 is 6.18 Å². The van der Waals surface area contributed by atoms with Gasteiger partial charge < -0.3 is 5.43 Å². The van der Waals surface area contributed by atoms with Crippen LogP contribution < -0.4 is 11.3 Å². The topological polar surface area (TPSA) is 50.9 Å². The molecule has 0 atom stereocenters. The zero-order valence-corrected chi connectivity index (χ0v) is 5.96. The number of alkyl halides is 3. The number of anilines is 1. The van der Waals surface area contributed by atoms with Crippen LogP contribution in [0.2, 0.25) is 0 Å². The van der Waals surface area contributed by atoms with E-state index in [2.05, 4.69) is 10.4 Å². The van der Waals surface area contributed by atoms with Crippen LogP contribution >= 0.6 is 11.3 Å². The van der Waals surface area contributed by atoms with E-state index in [1.54, 1.807) is 0 Å². The molecule has 0 fully saturated rings. The highest BCUT2D eigenvalue weighted by Gasteiger charge is 2.34. The lowest BCUT2D eigenvalue weighted by Gasteiger charge is -1.98. The predicted octanol–water partition coefficient (Wildman–Crippen LogP) is 1.45. The molecule has 0 amide bonds. The number of nitrogen functional groups attached to an aromatic ring is 1. The number of halogens is 3. The third-order valence-corrected chi connectivity index (χ3v) is 1.86. The van der Waals surface area contributed by atoms with Crippen LogP contribution in [0.25, 0.3) is 0 Å². The predicted molar refractivity (Wildman–Crippen MR) is 34.9 cm³/mol. The SMILES string of the molecule is NNc1cnc(C(F)(F)F)s1. The quantitative estimate of drug-likeness (QED) is 0.511. The number of nitrogens with one attached hydrogen (secondary N) is 1. The minimum absolute atomic E-state index is 0.192. The third-order valence-electron chi connectivity index (χ3n) is 0.890. The zero-order valence-electron chi connectivity index (χ0n) is 5.14. The minimum Gasteiger partial charge on any atom is -0.314 e. The largest absolute Gasteiger partial charge is 0.443 e. The van der Waals surface area contributed by atoms with E-state index in [4.69, 9.17) is 5.84 Å². The van der Waals surface area contributed by atoms with Crippen molar-refractivity contribution in [3.8, 4) is 0 Å². The lowest BCUT2D eigenvalue weighted by molar-refractivity contribution is -0.137. The molecule has 1 heterocycles. The number of rotatable bonds is 1. The van der Waals surface area contributed by atoms with Gasteiger partial charge in [-0.2, -0.15) is 13.2 Å². The molecule has 0 saturated heterocycles. The van der Waals surface area contributed by atoms with Crippen LogP contribution in [0.4, 0.5) is 18.2 Å². The van der Waals surface area contributed by atoms with Gasteiger partial charge in [0.25, 0.3) is 0 Å². The lowest BCUT2D eigenvalue weighted by atomic mass is 10.7. The standard InChI is InChI=1S/C4H4F3N3S/c5-4(6,7)3-9-1-2(10-8)11-3/h1,10H,8H2. The highest BCUT2D eigenvalue weighted by atomic mass is 32.1. The first kappa shape index (κ1) is 8.28. The fourth-order valence-corrected chi connectivity index (χ4v) is 1.07. The van der Waals surface area contributed by atoms with Crippen molar-refractivity contribution in [1.82, 2.24) is 4.98 Å². The van der Waals surface area contributed by atoms with E-state index >= 15 is 0 Å². The number of hydrazine groups is 1. The molecular weight excluding hydrogens is 179 g/mol. The first-order valence-electron chi connectivity index (χ1n) is 2.53. The maximum Gasteiger partial charge on any atom is 0.443 e. The first-order chi connectivity index (χ1) is 5.04. The Morgan fingerprint density at radius 3 is 2.45 bits per heavy atom. The molecule has 0 bridgehead atoms. The van der Waals surface area contributed by atoms with Crippen molar-refractivity contribution in [2.24, 2.45) is 5.84 Å². The van der Waals surface area contributed by atoms with E-state index in [-0.39, 0.29) is 5.00 Å². The molecule has 1 aromatic rings. The summed E-state index contributed by atoms with van der Waals surface area (Å²) < 4.78 is 35.5. The molecule has 0 spiro atoms. The fourth-order valence-electron chi connectivity index (χ4n) is 0.472. The van der Waals surface area contributed by atoms with Crippen molar-refractivity contribution in [3.05, 3.63) is 11.2 Å². The number of hydrogen-bond donors (Lipinski definition) is 2. The Kier molecular flexibility index (Phi) is 2.01. The summed E-state index contributed by atoms with van der Waals surface area (Å²) in [6.45, 7) is 0. The van der Waals surface area contributed by atoms with Crippen LogP contribution in [0.5, 0.6) is 0 Å². The van der Waals surface area contributed by atoms with E-state index < -0.39 is 11.2 Å². The summed E-state index contributed by atoms with van der Waals surface area (Å²) in [5, 5.41) is -0.706. The molecule has 3 N–H and O–H groups in total. The summed E-state index contributed by atoms with van der Waals surface area (Å²) in [5.74, 6) is 4.86. The monoisotopic (exact) mass is 183 g/mol. The van der Waals surface area contributed by atoms with Gasteiger partial charge in [0.1, 0.15) is 5.00 Å². The normalized spacial score (nSPS) is 11.6. The molecule has 3 nitrogen and oxygen atoms in total. The van der Waals surface area contributed by atoms with E-state index in [9.17, 15) is 13.2 Å². The van der Waals surface area contributed by atoms with Gasteiger partial charge in [-0.3, -0.25) is 0 Å². The number of nitrogens with two attached hydrogens (primary N) is 1. The van der Waals surface area contributed by atoms with Crippen molar-refractivity contribution in [1.29, 1.82) is 0 Å². The number of nitrogens with zero attached hydrogens (tertiary/aromatic N) is 1. The molecule has 0 radical (unpaired) electrons. The van der Waals surface area contributed by atoms with Crippen LogP contribution in [0, 0.1) is 0 Å². The van der Waals surface area contributed by atoms with E-state index in [1.807, 2.05) is 0 Å². The molecule has 0 aliphatic heterocycles. The minimum atomic E-state index is -4.38.